The van der Waals surface area contributed by atoms with Crippen molar-refractivity contribution in [1.29, 1.82) is 0 Å². The Labute approximate surface area is 122 Å². The number of rotatable bonds is 6. The number of aromatic carboxylic acids is 1. The van der Waals surface area contributed by atoms with Gasteiger partial charge < -0.3 is 15.7 Å². The Morgan fingerprint density at radius 3 is 2.76 bits per heavy atom. The molecule has 6 nitrogen and oxygen atoms in total. The third-order valence-electron chi connectivity index (χ3n) is 2.98. The van der Waals surface area contributed by atoms with Gasteiger partial charge in [-0.05, 0) is 19.1 Å². The molecule has 2 aromatic rings. The summed E-state index contributed by atoms with van der Waals surface area (Å²) < 4.78 is 0. The van der Waals surface area contributed by atoms with Crippen molar-refractivity contribution in [3.05, 3.63) is 35.9 Å². The Bertz CT molecular complexity index is 670. The fourth-order valence-corrected chi connectivity index (χ4v) is 2.03. The molecular weight excluding hydrogens is 270 g/mol. The van der Waals surface area contributed by atoms with Crippen LogP contribution in [0.5, 0.6) is 0 Å². The first-order chi connectivity index (χ1) is 10.1. The predicted octanol–water partition coefficient (Wildman–Crippen LogP) is 1.87. The Morgan fingerprint density at radius 1 is 1.29 bits per heavy atom. The molecule has 0 unspecified atom stereocenters. The number of hydrogen-bond acceptors (Lipinski definition) is 4. The smallest absolute Gasteiger partial charge is 0.336 e. The van der Waals surface area contributed by atoms with Gasteiger partial charge in [-0.2, -0.15) is 0 Å². The van der Waals surface area contributed by atoms with Crippen molar-refractivity contribution in [1.82, 2.24) is 10.3 Å². The first-order valence-electron chi connectivity index (χ1n) is 6.75. The minimum Gasteiger partial charge on any atom is -0.478 e. The summed E-state index contributed by atoms with van der Waals surface area (Å²) in [6, 6.07) is 8.56. The molecule has 0 aliphatic carbocycles. The normalized spacial score (nSPS) is 10.3. The monoisotopic (exact) mass is 287 g/mol. The molecule has 0 spiro atoms. The lowest BCUT2D eigenvalue weighted by Crippen LogP contribution is -2.24. The summed E-state index contributed by atoms with van der Waals surface area (Å²) in [6.07, 6.45) is 0.310. The lowest BCUT2D eigenvalue weighted by molar-refractivity contribution is -0.120. The minimum absolute atomic E-state index is 0.0516. The number of fused-ring (bicyclic) bond motifs is 1. The van der Waals surface area contributed by atoms with Gasteiger partial charge in [0.05, 0.1) is 11.1 Å². The zero-order valence-electron chi connectivity index (χ0n) is 11.7. The quantitative estimate of drug-likeness (QED) is 0.754. The van der Waals surface area contributed by atoms with E-state index in [9.17, 15) is 14.7 Å². The number of carboxylic acid groups (broad SMARTS) is 1. The van der Waals surface area contributed by atoms with Gasteiger partial charge in [-0.3, -0.25) is 4.79 Å². The summed E-state index contributed by atoms with van der Waals surface area (Å²) in [5, 5.41) is 15.6. The number of hydrogen-bond donors (Lipinski definition) is 3. The average molecular weight is 287 g/mol. The standard InChI is InChI=1S/C15H17N3O3/c1-2-16-14(19)7-8-17-13-9-11(15(20)21)10-5-3-4-6-12(10)18-13/h3-6,9H,2,7-8H2,1H3,(H,16,19)(H,17,18)(H,20,21). The van der Waals surface area contributed by atoms with Crippen molar-refractivity contribution in [2.75, 3.05) is 18.4 Å². The molecule has 21 heavy (non-hydrogen) atoms. The molecule has 0 fully saturated rings. The molecule has 0 atom stereocenters. The molecule has 1 aromatic heterocycles. The van der Waals surface area contributed by atoms with Crippen molar-refractivity contribution in [3.8, 4) is 0 Å². The van der Waals surface area contributed by atoms with Crippen LogP contribution in [0.1, 0.15) is 23.7 Å². The van der Waals surface area contributed by atoms with E-state index in [2.05, 4.69) is 15.6 Å². The molecular formula is C15H17N3O3. The minimum atomic E-state index is -1.000. The lowest BCUT2D eigenvalue weighted by atomic mass is 10.1. The van der Waals surface area contributed by atoms with E-state index in [0.29, 0.717) is 36.2 Å². The van der Waals surface area contributed by atoms with Gasteiger partial charge in [0, 0.05) is 24.9 Å². The fraction of sp³-hybridized carbons (Fsp3) is 0.267. The number of benzene rings is 1. The second-order valence-electron chi connectivity index (χ2n) is 4.51. The zero-order valence-corrected chi connectivity index (χ0v) is 11.7. The zero-order chi connectivity index (χ0) is 15.2. The van der Waals surface area contributed by atoms with Gasteiger partial charge in [0.2, 0.25) is 5.91 Å². The summed E-state index contributed by atoms with van der Waals surface area (Å²) in [7, 11) is 0. The third-order valence-corrected chi connectivity index (χ3v) is 2.98. The Kier molecular flexibility index (Phi) is 4.71. The molecule has 0 aliphatic heterocycles. The van der Waals surface area contributed by atoms with Gasteiger partial charge in [-0.25, -0.2) is 9.78 Å². The van der Waals surface area contributed by atoms with Gasteiger partial charge in [0.15, 0.2) is 0 Å². The summed E-state index contributed by atoms with van der Waals surface area (Å²) in [6.45, 7) is 2.85. The van der Waals surface area contributed by atoms with E-state index in [4.69, 9.17) is 0 Å². The van der Waals surface area contributed by atoms with E-state index in [1.54, 1.807) is 24.3 Å². The molecule has 0 saturated heterocycles. The lowest BCUT2D eigenvalue weighted by Gasteiger charge is -2.09. The van der Waals surface area contributed by atoms with E-state index in [1.807, 2.05) is 6.92 Å². The number of anilines is 1. The van der Waals surface area contributed by atoms with E-state index in [1.165, 1.54) is 6.07 Å². The van der Waals surface area contributed by atoms with Gasteiger partial charge in [0.25, 0.3) is 0 Å². The van der Waals surface area contributed by atoms with Crippen LogP contribution in [0.4, 0.5) is 5.82 Å². The summed E-state index contributed by atoms with van der Waals surface area (Å²) >= 11 is 0. The number of carbonyl (C=O) groups is 2. The molecule has 6 heteroatoms. The van der Waals surface area contributed by atoms with Gasteiger partial charge in [-0.15, -0.1) is 0 Å². The Morgan fingerprint density at radius 2 is 2.05 bits per heavy atom. The highest BCUT2D eigenvalue weighted by Gasteiger charge is 2.11. The van der Waals surface area contributed by atoms with Crippen molar-refractivity contribution in [2.45, 2.75) is 13.3 Å². The molecule has 3 N–H and O–H groups in total. The number of para-hydroxylation sites is 1. The number of nitrogens with one attached hydrogen (secondary N) is 2. The second-order valence-corrected chi connectivity index (χ2v) is 4.51. The highest BCUT2D eigenvalue weighted by molar-refractivity contribution is 6.03. The van der Waals surface area contributed by atoms with Crippen LogP contribution in [0.2, 0.25) is 0 Å². The number of amides is 1. The molecule has 110 valence electrons. The van der Waals surface area contributed by atoms with Crippen molar-refractivity contribution in [2.24, 2.45) is 0 Å². The topological polar surface area (TPSA) is 91.3 Å². The van der Waals surface area contributed by atoms with Crippen LogP contribution in [0.15, 0.2) is 30.3 Å². The maximum atomic E-state index is 11.4. The Balaban J connectivity index is 2.17. The summed E-state index contributed by atoms with van der Waals surface area (Å²) in [5.74, 6) is -0.597. The first kappa shape index (κ1) is 14.8. The number of nitrogens with zero attached hydrogens (tertiary/aromatic N) is 1. The molecule has 0 radical (unpaired) electrons. The summed E-state index contributed by atoms with van der Waals surface area (Å²) in [4.78, 5) is 27.0. The highest BCUT2D eigenvalue weighted by Crippen LogP contribution is 2.20. The highest BCUT2D eigenvalue weighted by atomic mass is 16.4. The second kappa shape index (κ2) is 6.69. The van der Waals surface area contributed by atoms with Crippen LogP contribution in [0.25, 0.3) is 10.9 Å². The number of carbonyl (C=O) groups excluding carboxylic acids is 1. The predicted molar refractivity (Wildman–Crippen MR) is 80.5 cm³/mol. The van der Waals surface area contributed by atoms with E-state index in [-0.39, 0.29) is 11.5 Å². The van der Waals surface area contributed by atoms with Gasteiger partial charge >= 0.3 is 5.97 Å². The maximum Gasteiger partial charge on any atom is 0.336 e. The number of pyridine rings is 1. The van der Waals surface area contributed by atoms with Crippen LogP contribution in [-0.2, 0) is 4.79 Å². The largest absolute Gasteiger partial charge is 0.478 e. The SMILES string of the molecule is CCNC(=O)CCNc1cc(C(=O)O)c2ccccc2n1. The van der Waals surface area contributed by atoms with Crippen molar-refractivity contribution >= 4 is 28.6 Å². The first-order valence-corrected chi connectivity index (χ1v) is 6.75. The molecule has 1 amide bonds. The van der Waals surface area contributed by atoms with Crippen molar-refractivity contribution < 1.29 is 14.7 Å². The molecule has 1 heterocycles. The van der Waals surface area contributed by atoms with Gasteiger partial charge in [-0.1, -0.05) is 18.2 Å². The fourth-order valence-electron chi connectivity index (χ4n) is 2.03. The molecule has 0 saturated carbocycles. The van der Waals surface area contributed by atoms with Crippen molar-refractivity contribution in [3.63, 3.8) is 0 Å². The average Bonchev–Trinajstić information content (AvgIpc) is 2.46. The van der Waals surface area contributed by atoms with E-state index in [0.717, 1.165) is 0 Å². The maximum absolute atomic E-state index is 11.4. The Hall–Kier alpha value is -2.63. The van der Waals surface area contributed by atoms with Crippen LogP contribution in [-0.4, -0.2) is 35.1 Å². The molecule has 1 aromatic carbocycles. The van der Waals surface area contributed by atoms with E-state index < -0.39 is 5.97 Å². The molecule has 0 bridgehead atoms. The van der Waals surface area contributed by atoms with E-state index >= 15 is 0 Å². The third kappa shape index (κ3) is 3.68. The number of aromatic nitrogens is 1. The van der Waals surface area contributed by atoms with Crippen LogP contribution < -0.4 is 10.6 Å². The summed E-state index contributed by atoms with van der Waals surface area (Å²) in [5.41, 5.74) is 0.805. The van der Waals surface area contributed by atoms with Crippen LogP contribution in [0, 0.1) is 0 Å². The number of carboxylic acids is 1. The van der Waals surface area contributed by atoms with Crippen LogP contribution in [0.3, 0.4) is 0 Å². The molecule has 0 aliphatic rings. The molecule has 2 rings (SSSR count). The van der Waals surface area contributed by atoms with Crippen LogP contribution >= 0.6 is 0 Å². The van der Waals surface area contributed by atoms with Gasteiger partial charge in [0.1, 0.15) is 5.82 Å².